The van der Waals surface area contributed by atoms with Crippen molar-refractivity contribution in [3.63, 3.8) is 0 Å². The molecular weight excluding hydrogens is 208 g/mol. The summed E-state index contributed by atoms with van der Waals surface area (Å²) in [6.45, 7) is 2.11. The van der Waals surface area contributed by atoms with Gasteiger partial charge in [-0.2, -0.15) is 10.4 Å². The molecule has 6 heteroatoms. The maximum absolute atomic E-state index is 11.8. The molecule has 0 spiro atoms. The van der Waals surface area contributed by atoms with Crippen LogP contribution < -0.4 is 5.43 Å². The molecule has 6 nitrogen and oxygen atoms in total. The van der Waals surface area contributed by atoms with Crippen LogP contribution in [0.15, 0.2) is 5.10 Å². The van der Waals surface area contributed by atoms with Crippen LogP contribution in [0.3, 0.4) is 0 Å². The SMILES string of the molecule is CC(C#N)CN(C)C(=O)C1=NNC(=O)CC1. The molecule has 0 aromatic heterocycles. The van der Waals surface area contributed by atoms with E-state index in [1.165, 1.54) is 4.90 Å². The van der Waals surface area contributed by atoms with E-state index in [2.05, 4.69) is 16.6 Å². The van der Waals surface area contributed by atoms with E-state index in [0.29, 0.717) is 18.7 Å². The first-order chi connectivity index (χ1) is 7.54. The van der Waals surface area contributed by atoms with Gasteiger partial charge in [0, 0.05) is 26.4 Å². The molecule has 1 N–H and O–H groups in total. The smallest absolute Gasteiger partial charge is 0.269 e. The highest BCUT2D eigenvalue weighted by molar-refractivity contribution is 6.39. The fourth-order valence-corrected chi connectivity index (χ4v) is 1.38. The minimum Gasteiger partial charge on any atom is -0.339 e. The monoisotopic (exact) mass is 222 g/mol. The number of carbonyl (C=O) groups excluding carboxylic acids is 2. The van der Waals surface area contributed by atoms with Gasteiger partial charge in [0.15, 0.2) is 0 Å². The second-order valence-electron chi connectivity index (χ2n) is 3.81. The molecule has 0 aromatic carbocycles. The maximum atomic E-state index is 11.8. The Morgan fingerprint density at radius 1 is 1.69 bits per heavy atom. The summed E-state index contributed by atoms with van der Waals surface area (Å²) in [7, 11) is 1.62. The third kappa shape index (κ3) is 3.05. The van der Waals surface area contributed by atoms with Crippen LogP contribution in [0.2, 0.25) is 0 Å². The molecule has 1 aliphatic heterocycles. The van der Waals surface area contributed by atoms with Gasteiger partial charge in [0.1, 0.15) is 5.71 Å². The van der Waals surface area contributed by atoms with Gasteiger partial charge in [-0.3, -0.25) is 9.59 Å². The van der Waals surface area contributed by atoms with Gasteiger partial charge in [-0.1, -0.05) is 0 Å². The second-order valence-corrected chi connectivity index (χ2v) is 3.81. The van der Waals surface area contributed by atoms with Crippen molar-refractivity contribution in [2.24, 2.45) is 11.0 Å². The lowest BCUT2D eigenvalue weighted by Crippen LogP contribution is -2.39. The molecular formula is C10H14N4O2. The number of hydrogen-bond acceptors (Lipinski definition) is 4. The third-order valence-electron chi connectivity index (χ3n) is 2.27. The first-order valence-corrected chi connectivity index (χ1v) is 5.05. The number of amides is 2. The Hall–Kier alpha value is -1.90. The van der Waals surface area contributed by atoms with Crippen molar-refractivity contribution < 1.29 is 9.59 Å². The normalized spacial score (nSPS) is 16.8. The number of nitrogens with zero attached hydrogens (tertiary/aromatic N) is 3. The molecule has 1 heterocycles. The molecule has 1 unspecified atom stereocenters. The fraction of sp³-hybridized carbons (Fsp3) is 0.600. The summed E-state index contributed by atoms with van der Waals surface area (Å²) in [5.41, 5.74) is 2.61. The lowest BCUT2D eigenvalue weighted by molar-refractivity contribution is -0.123. The number of hydrazone groups is 1. The molecule has 0 saturated carbocycles. The van der Waals surface area contributed by atoms with Gasteiger partial charge in [-0.25, -0.2) is 5.43 Å². The molecule has 0 radical (unpaired) electrons. The van der Waals surface area contributed by atoms with Crippen LogP contribution in [-0.2, 0) is 9.59 Å². The van der Waals surface area contributed by atoms with Gasteiger partial charge < -0.3 is 4.90 Å². The summed E-state index contributed by atoms with van der Waals surface area (Å²) in [6.07, 6.45) is 0.641. The van der Waals surface area contributed by atoms with Crippen LogP contribution in [0.5, 0.6) is 0 Å². The van der Waals surface area contributed by atoms with Crippen molar-refractivity contribution in [3.8, 4) is 6.07 Å². The summed E-state index contributed by atoms with van der Waals surface area (Å²) >= 11 is 0. The molecule has 2 amide bonds. The Labute approximate surface area is 93.9 Å². The van der Waals surface area contributed by atoms with Crippen LogP contribution >= 0.6 is 0 Å². The van der Waals surface area contributed by atoms with E-state index in [4.69, 9.17) is 5.26 Å². The zero-order valence-corrected chi connectivity index (χ0v) is 9.36. The minimum absolute atomic E-state index is 0.176. The first kappa shape index (κ1) is 12.2. The molecule has 1 aliphatic rings. The van der Waals surface area contributed by atoms with E-state index in [-0.39, 0.29) is 24.2 Å². The minimum atomic E-state index is -0.234. The molecule has 0 aromatic rings. The zero-order chi connectivity index (χ0) is 12.1. The van der Waals surface area contributed by atoms with Crippen LogP contribution in [0.4, 0.5) is 0 Å². The Balaban J connectivity index is 2.58. The highest BCUT2D eigenvalue weighted by atomic mass is 16.2. The Bertz CT molecular complexity index is 370. The van der Waals surface area contributed by atoms with Crippen molar-refractivity contribution in [2.45, 2.75) is 19.8 Å². The lowest BCUT2D eigenvalue weighted by atomic mass is 10.1. The van der Waals surface area contributed by atoms with Crippen LogP contribution in [0.1, 0.15) is 19.8 Å². The van der Waals surface area contributed by atoms with Crippen molar-refractivity contribution in [1.82, 2.24) is 10.3 Å². The number of hydrogen-bond donors (Lipinski definition) is 1. The quantitative estimate of drug-likeness (QED) is 0.721. The number of rotatable bonds is 3. The topological polar surface area (TPSA) is 85.6 Å². The molecule has 86 valence electrons. The fourth-order valence-electron chi connectivity index (χ4n) is 1.38. The molecule has 0 fully saturated rings. The average Bonchev–Trinajstić information content (AvgIpc) is 2.28. The second kappa shape index (κ2) is 5.26. The molecule has 1 rings (SSSR count). The van der Waals surface area contributed by atoms with E-state index >= 15 is 0 Å². The average molecular weight is 222 g/mol. The van der Waals surface area contributed by atoms with Crippen molar-refractivity contribution in [3.05, 3.63) is 0 Å². The van der Waals surface area contributed by atoms with E-state index in [1.54, 1.807) is 14.0 Å². The predicted octanol–water partition coefficient (Wildman–Crippen LogP) is -0.130. The molecule has 0 bridgehead atoms. The summed E-state index contributed by atoms with van der Waals surface area (Å²) in [4.78, 5) is 24.1. The highest BCUT2D eigenvalue weighted by Gasteiger charge is 2.22. The summed E-state index contributed by atoms with van der Waals surface area (Å²) in [5, 5.41) is 12.3. The van der Waals surface area contributed by atoms with E-state index < -0.39 is 0 Å². The number of carbonyl (C=O) groups is 2. The van der Waals surface area contributed by atoms with Crippen LogP contribution in [0, 0.1) is 17.2 Å². The van der Waals surface area contributed by atoms with Crippen molar-refractivity contribution >= 4 is 17.5 Å². The van der Waals surface area contributed by atoms with Gasteiger partial charge in [-0.05, 0) is 6.92 Å². The molecule has 0 aliphatic carbocycles. The molecule has 1 atom stereocenters. The first-order valence-electron chi connectivity index (χ1n) is 5.05. The van der Waals surface area contributed by atoms with E-state index in [9.17, 15) is 9.59 Å². The summed E-state index contributed by atoms with van der Waals surface area (Å²) in [5.74, 6) is -0.626. The van der Waals surface area contributed by atoms with E-state index in [0.717, 1.165) is 0 Å². The largest absolute Gasteiger partial charge is 0.339 e. The zero-order valence-electron chi connectivity index (χ0n) is 9.36. The Morgan fingerprint density at radius 3 is 2.88 bits per heavy atom. The van der Waals surface area contributed by atoms with Gasteiger partial charge in [0.2, 0.25) is 5.91 Å². The van der Waals surface area contributed by atoms with Gasteiger partial charge in [-0.15, -0.1) is 0 Å². The summed E-state index contributed by atoms with van der Waals surface area (Å²) < 4.78 is 0. The Morgan fingerprint density at radius 2 is 2.38 bits per heavy atom. The van der Waals surface area contributed by atoms with E-state index in [1.807, 2.05) is 0 Å². The van der Waals surface area contributed by atoms with Gasteiger partial charge in [0.05, 0.1) is 12.0 Å². The highest BCUT2D eigenvalue weighted by Crippen LogP contribution is 2.04. The van der Waals surface area contributed by atoms with Crippen LogP contribution in [-0.4, -0.2) is 36.0 Å². The third-order valence-corrected chi connectivity index (χ3v) is 2.27. The molecule has 0 saturated heterocycles. The van der Waals surface area contributed by atoms with Gasteiger partial charge >= 0.3 is 0 Å². The molecule has 16 heavy (non-hydrogen) atoms. The van der Waals surface area contributed by atoms with Gasteiger partial charge in [0.25, 0.3) is 5.91 Å². The van der Waals surface area contributed by atoms with Crippen LogP contribution in [0.25, 0.3) is 0 Å². The van der Waals surface area contributed by atoms with Crippen molar-refractivity contribution in [2.75, 3.05) is 13.6 Å². The summed E-state index contributed by atoms with van der Waals surface area (Å²) in [6, 6.07) is 2.06. The standard InChI is InChI=1S/C10H14N4O2/c1-7(5-11)6-14(2)10(16)8-3-4-9(15)13-12-8/h7H,3-4,6H2,1-2H3,(H,13,15). The Kier molecular flexibility index (Phi) is 4.00. The van der Waals surface area contributed by atoms with Crippen molar-refractivity contribution in [1.29, 1.82) is 5.26 Å². The number of nitrogens with one attached hydrogen (secondary N) is 1. The predicted molar refractivity (Wildman–Crippen MR) is 57.2 cm³/mol. The lowest BCUT2D eigenvalue weighted by Gasteiger charge is -2.20. The maximum Gasteiger partial charge on any atom is 0.269 e. The number of nitriles is 1.